The number of para-hydroxylation sites is 1. The Balaban J connectivity index is 0.939. The van der Waals surface area contributed by atoms with Crippen LogP contribution in [0.5, 0.6) is 0 Å². The summed E-state index contributed by atoms with van der Waals surface area (Å²) >= 11 is 0. The van der Waals surface area contributed by atoms with E-state index in [2.05, 4.69) is 56.9 Å². The Morgan fingerprint density at radius 2 is 1.54 bits per heavy atom. The number of anilines is 3. The van der Waals surface area contributed by atoms with E-state index in [-0.39, 0.29) is 73.9 Å². The first-order valence-corrected chi connectivity index (χ1v) is 29.8. The molecule has 4 aromatic rings. The highest BCUT2D eigenvalue weighted by molar-refractivity contribution is 6.05. The zero-order chi connectivity index (χ0) is 62.6. The van der Waals surface area contributed by atoms with Gasteiger partial charge in [0.15, 0.2) is 0 Å². The standard InChI is InChI=1S/C64H81F3N10O10/c1-38-31-75(47(33-72(38)8)34-74-23-26-86-36-39(74)2)35-54(79)77-37-64(7,49-20-15-42(28-52(49)77)27-41-13-17-45(65)18-14-41)61(83)68-30-53(78)69-46-19-16-44-32-76(57(48(44)29-46)59(81)71-56-50(66)11-10-12-51(56)67)60(82)55(43-21-24-85-25-22-43)70-58(80)40(3)73(9)62(84)87-63(4,5)6/h10-20,28-29,38-40,43,47,55,57H,21-27,30-37H2,1-9H3,(H,68,83)(H,69,78)(H,70,80)(H,71,81)/t38?,39?,40-,47+,55?,57?,64+/m0/s1. The molecule has 4 aromatic carbocycles. The molecule has 5 heterocycles. The summed E-state index contributed by atoms with van der Waals surface area (Å²) < 4.78 is 61.1. The first-order chi connectivity index (χ1) is 41.3. The molecule has 3 fully saturated rings. The monoisotopic (exact) mass is 1210 g/mol. The van der Waals surface area contributed by atoms with Crippen molar-refractivity contribution in [1.29, 1.82) is 0 Å². The first-order valence-electron chi connectivity index (χ1n) is 29.8. The lowest BCUT2D eigenvalue weighted by molar-refractivity contribution is -0.144. The Bertz CT molecular complexity index is 3210. The lowest BCUT2D eigenvalue weighted by atomic mass is 9.83. The number of nitrogens with one attached hydrogen (secondary N) is 4. The molecule has 23 heteroatoms. The maximum absolute atomic E-state index is 15.2. The number of hydrogen-bond acceptors (Lipinski definition) is 13. The summed E-state index contributed by atoms with van der Waals surface area (Å²) in [5, 5.41) is 10.8. The lowest BCUT2D eigenvalue weighted by Crippen LogP contribution is -2.62. The molecular formula is C64H81F3N10O10. The fourth-order valence-corrected chi connectivity index (χ4v) is 12.2. The summed E-state index contributed by atoms with van der Waals surface area (Å²) in [5.41, 5.74) is 0.733. The van der Waals surface area contributed by atoms with Crippen LogP contribution in [0.1, 0.15) is 95.2 Å². The average Bonchev–Trinajstić information content (AvgIpc) is 1.65. The second kappa shape index (κ2) is 26.9. The van der Waals surface area contributed by atoms with Crippen molar-refractivity contribution < 1.29 is 60.9 Å². The summed E-state index contributed by atoms with van der Waals surface area (Å²) in [6.07, 6.45) is 0.374. The maximum atomic E-state index is 15.2. The Morgan fingerprint density at radius 3 is 2.23 bits per heavy atom. The van der Waals surface area contributed by atoms with Gasteiger partial charge in [-0.1, -0.05) is 36.4 Å². The van der Waals surface area contributed by atoms with Gasteiger partial charge in [0.25, 0.3) is 5.91 Å². The molecule has 20 nitrogen and oxygen atoms in total. The Kier molecular flexibility index (Phi) is 19.8. The van der Waals surface area contributed by atoms with Crippen molar-refractivity contribution >= 4 is 58.6 Å². The molecule has 0 saturated carbocycles. The average molecular weight is 1210 g/mol. The number of benzene rings is 4. The highest BCUT2D eigenvalue weighted by Crippen LogP contribution is 2.43. The maximum Gasteiger partial charge on any atom is 0.410 e. The van der Waals surface area contributed by atoms with E-state index in [4.69, 9.17) is 14.2 Å². The molecule has 3 saturated heterocycles. The quantitative estimate of drug-likeness (QED) is 0.0961. The van der Waals surface area contributed by atoms with Gasteiger partial charge in [0, 0.05) is 89.0 Å². The molecule has 5 aliphatic heterocycles. The van der Waals surface area contributed by atoms with Crippen molar-refractivity contribution in [3.63, 3.8) is 0 Å². The fraction of sp³-hybridized carbons (Fsp3) is 0.516. The van der Waals surface area contributed by atoms with Gasteiger partial charge in [0.05, 0.1) is 31.7 Å². The lowest BCUT2D eigenvalue weighted by Gasteiger charge is -2.46. The summed E-state index contributed by atoms with van der Waals surface area (Å²) in [7, 11) is 3.49. The van der Waals surface area contributed by atoms with Gasteiger partial charge >= 0.3 is 6.09 Å². The third-order valence-corrected chi connectivity index (χ3v) is 17.6. The number of halogens is 3. The van der Waals surface area contributed by atoms with Gasteiger partial charge < -0.3 is 50.2 Å². The van der Waals surface area contributed by atoms with Crippen LogP contribution in [0.2, 0.25) is 0 Å². The second-order valence-electron chi connectivity index (χ2n) is 25.1. The Hall–Kier alpha value is -7.44. The van der Waals surface area contributed by atoms with Gasteiger partial charge in [-0.2, -0.15) is 0 Å². The molecule has 0 aromatic heterocycles. The number of piperazine rings is 1. The number of ether oxygens (including phenoxy) is 3. The Morgan fingerprint density at radius 1 is 0.839 bits per heavy atom. The number of amides is 7. The third-order valence-electron chi connectivity index (χ3n) is 17.6. The molecule has 9 rings (SSSR count). The second-order valence-corrected chi connectivity index (χ2v) is 25.1. The molecule has 4 N–H and O–H groups in total. The third kappa shape index (κ3) is 14.8. The predicted molar refractivity (Wildman–Crippen MR) is 320 cm³/mol. The number of morpholine rings is 1. The number of carbonyl (C=O) groups is 7. The van der Waals surface area contributed by atoms with Gasteiger partial charge in [-0.3, -0.25) is 43.5 Å². The van der Waals surface area contributed by atoms with Crippen LogP contribution in [0, 0.1) is 23.4 Å². The van der Waals surface area contributed by atoms with Gasteiger partial charge in [-0.05, 0) is 151 Å². The van der Waals surface area contributed by atoms with E-state index >= 15 is 13.6 Å². The number of rotatable bonds is 17. The van der Waals surface area contributed by atoms with Crippen LogP contribution in [0.3, 0.4) is 0 Å². The van der Waals surface area contributed by atoms with Gasteiger partial charge in [0.1, 0.15) is 46.9 Å². The van der Waals surface area contributed by atoms with Crippen LogP contribution in [-0.4, -0.2) is 188 Å². The van der Waals surface area contributed by atoms with Crippen molar-refractivity contribution in [2.24, 2.45) is 5.92 Å². The molecule has 0 aliphatic carbocycles. The topological polar surface area (TPSA) is 215 Å². The minimum absolute atomic E-state index is 0.0232. The molecule has 0 radical (unpaired) electrons. The van der Waals surface area contributed by atoms with E-state index in [1.807, 2.05) is 18.2 Å². The fourth-order valence-electron chi connectivity index (χ4n) is 12.2. The van der Waals surface area contributed by atoms with Crippen LogP contribution < -0.4 is 26.2 Å². The van der Waals surface area contributed by atoms with Crippen molar-refractivity contribution in [2.75, 3.05) is 102 Å². The number of fused-ring (bicyclic) bond motifs is 2. The molecular weight excluding hydrogens is 1130 g/mol. The number of likely N-dealkylation sites (N-methyl/N-ethyl adjacent to an activating group) is 2. The van der Waals surface area contributed by atoms with E-state index in [1.165, 1.54) is 37.1 Å². The summed E-state index contributed by atoms with van der Waals surface area (Å²) in [6.45, 7) is 16.7. The molecule has 4 unspecified atom stereocenters. The Labute approximate surface area is 506 Å². The van der Waals surface area contributed by atoms with Crippen LogP contribution in [0.15, 0.2) is 78.9 Å². The SMILES string of the molecule is CC1CN(CC(=O)N2C[C@@](C)(C(=O)NCC(=O)Nc3ccc4c(c3)C(C(=O)Nc3c(F)cccc3F)N(C(=O)C(NC(=O)[C@H](C)N(C)C(=O)OC(C)(C)C)C3CCOCC3)C4)c3ccc(Cc4ccc(F)cc4)cc32)[C@@H](CN2CCOCC2C)CN1C. The minimum atomic E-state index is -1.55. The van der Waals surface area contributed by atoms with Gasteiger partial charge in [-0.15, -0.1) is 0 Å². The van der Waals surface area contributed by atoms with Crippen LogP contribution in [-0.2, 0) is 61.4 Å². The molecule has 7 amide bonds. The van der Waals surface area contributed by atoms with Gasteiger partial charge in [-0.25, -0.2) is 18.0 Å². The molecule has 0 bridgehead atoms. The minimum Gasteiger partial charge on any atom is -0.444 e. The highest BCUT2D eigenvalue weighted by Gasteiger charge is 2.49. The normalized spacial score (nSPS) is 22.6. The van der Waals surface area contributed by atoms with Crippen LogP contribution >= 0.6 is 0 Å². The largest absolute Gasteiger partial charge is 0.444 e. The van der Waals surface area contributed by atoms with Crippen molar-refractivity contribution in [3.05, 3.63) is 124 Å². The highest BCUT2D eigenvalue weighted by atomic mass is 19.1. The number of carbonyl (C=O) groups excluding carboxylic acids is 7. The zero-order valence-corrected chi connectivity index (χ0v) is 51.1. The van der Waals surface area contributed by atoms with Crippen molar-refractivity contribution in [3.8, 4) is 0 Å². The smallest absolute Gasteiger partial charge is 0.410 e. The summed E-state index contributed by atoms with van der Waals surface area (Å²) in [4.78, 5) is 111. The summed E-state index contributed by atoms with van der Waals surface area (Å²) in [6, 6.07) is 16.0. The van der Waals surface area contributed by atoms with Crippen LogP contribution in [0.4, 0.5) is 35.0 Å². The molecule has 87 heavy (non-hydrogen) atoms. The predicted octanol–water partition coefficient (Wildman–Crippen LogP) is 5.97. The van der Waals surface area contributed by atoms with Crippen molar-refractivity contribution in [1.82, 2.24) is 35.1 Å². The van der Waals surface area contributed by atoms with Gasteiger partial charge in [0.2, 0.25) is 29.5 Å². The molecule has 0 spiro atoms. The van der Waals surface area contributed by atoms with E-state index in [0.717, 1.165) is 53.9 Å². The molecule has 7 atom stereocenters. The van der Waals surface area contributed by atoms with E-state index in [9.17, 15) is 33.2 Å². The summed E-state index contributed by atoms with van der Waals surface area (Å²) in [5.74, 6) is -6.72. The van der Waals surface area contributed by atoms with Crippen LogP contribution in [0.25, 0.3) is 0 Å². The van der Waals surface area contributed by atoms with E-state index < -0.39 is 94.6 Å². The zero-order valence-electron chi connectivity index (χ0n) is 51.1. The van der Waals surface area contributed by atoms with E-state index in [1.54, 1.807) is 56.9 Å². The molecule has 5 aliphatic rings. The first kappa shape index (κ1) is 64.0. The van der Waals surface area contributed by atoms with E-state index in [0.29, 0.717) is 55.8 Å². The molecule has 468 valence electrons. The number of hydrogen-bond donors (Lipinski definition) is 4. The number of nitrogens with zero attached hydrogens (tertiary/aromatic N) is 6. The van der Waals surface area contributed by atoms with Crippen molar-refractivity contribution in [2.45, 2.75) is 122 Å².